The maximum Gasteiger partial charge on any atom is 0.337 e. The number of hydrogen-bond acceptors (Lipinski definition) is 3. The molecule has 5 rings (SSSR count). The van der Waals surface area contributed by atoms with Gasteiger partial charge in [-0.25, -0.2) is 4.79 Å². The van der Waals surface area contributed by atoms with Gasteiger partial charge in [-0.2, -0.15) is 0 Å². The van der Waals surface area contributed by atoms with E-state index in [1.807, 2.05) is 24.3 Å². The number of ether oxygens (including phenoxy) is 1. The molecular formula is C19H25NO2. The molecule has 4 bridgehead atoms. The van der Waals surface area contributed by atoms with Crippen LogP contribution in [-0.4, -0.2) is 18.6 Å². The fourth-order valence-electron chi connectivity index (χ4n) is 5.49. The van der Waals surface area contributed by atoms with Crippen LogP contribution in [0.4, 0.5) is 0 Å². The molecule has 0 aromatic heterocycles. The third kappa shape index (κ3) is 2.56. The van der Waals surface area contributed by atoms with Crippen LogP contribution in [0.1, 0.15) is 54.4 Å². The lowest BCUT2D eigenvalue weighted by Gasteiger charge is -2.57. The van der Waals surface area contributed by atoms with Crippen molar-refractivity contribution in [2.24, 2.45) is 17.8 Å². The van der Waals surface area contributed by atoms with E-state index in [-0.39, 0.29) is 5.97 Å². The SMILES string of the molecule is COC(=O)c1ccc(CNC23CC4CC(CC(C4)C2)C3)cc1. The van der Waals surface area contributed by atoms with Crippen LogP contribution in [0.5, 0.6) is 0 Å². The van der Waals surface area contributed by atoms with E-state index in [2.05, 4.69) is 5.32 Å². The Hall–Kier alpha value is -1.35. The Balaban J connectivity index is 1.41. The van der Waals surface area contributed by atoms with E-state index in [0.717, 1.165) is 24.3 Å². The molecule has 0 saturated heterocycles. The van der Waals surface area contributed by atoms with Crippen LogP contribution in [0.3, 0.4) is 0 Å². The van der Waals surface area contributed by atoms with Crippen LogP contribution in [0.2, 0.25) is 0 Å². The fraction of sp³-hybridized carbons (Fsp3) is 0.632. The molecule has 1 aromatic carbocycles. The average Bonchev–Trinajstić information content (AvgIpc) is 2.51. The fourth-order valence-corrected chi connectivity index (χ4v) is 5.49. The van der Waals surface area contributed by atoms with Crippen molar-refractivity contribution in [1.29, 1.82) is 0 Å². The van der Waals surface area contributed by atoms with Gasteiger partial charge in [-0.15, -0.1) is 0 Å². The molecular weight excluding hydrogens is 274 g/mol. The average molecular weight is 299 g/mol. The predicted molar refractivity (Wildman–Crippen MR) is 85.5 cm³/mol. The summed E-state index contributed by atoms with van der Waals surface area (Å²) in [5, 5.41) is 3.89. The Labute approximate surface area is 132 Å². The van der Waals surface area contributed by atoms with E-state index in [4.69, 9.17) is 4.74 Å². The van der Waals surface area contributed by atoms with Crippen molar-refractivity contribution in [3.63, 3.8) is 0 Å². The molecule has 0 atom stereocenters. The highest BCUT2D eigenvalue weighted by atomic mass is 16.5. The first-order valence-electron chi connectivity index (χ1n) is 8.58. The molecule has 22 heavy (non-hydrogen) atoms. The van der Waals surface area contributed by atoms with Gasteiger partial charge in [0.2, 0.25) is 0 Å². The van der Waals surface area contributed by atoms with Gasteiger partial charge in [-0.05, 0) is 74.0 Å². The first kappa shape index (κ1) is 14.3. The van der Waals surface area contributed by atoms with E-state index < -0.39 is 0 Å². The van der Waals surface area contributed by atoms with Gasteiger partial charge < -0.3 is 10.1 Å². The molecule has 1 N–H and O–H groups in total. The number of benzene rings is 1. The van der Waals surface area contributed by atoms with Gasteiger partial charge in [0.25, 0.3) is 0 Å². The van der Waals surface area contributed by atoms with E-state index in [0.29, 0.717) is 11.1 Å². The first-order valence-corrected chi connectivity index (χ1v) is 8.58. The van der Waals surface area contributed by atoms with Crippen LogP contribution in [-0.2, 0) is 11.3 Å². The minimum Gasteiger partial charge on any atom is -0.465 e. The number of carbonyl (C=O) groups excluding carboxylic acids is 1. The zero-order valence-corrected chi connectivity index (χ0v) is 13.3. The molecule has 1 aromatic rings. The van der Waals surface area contributed by atoms with Crippen molar-refractivity contribution in [2.45, 2.75) is 50.6 Å². The van der Waals surface area contributed by atoms with Gasteiger partial charge in [0.05, 0.1) is 12.7 Å². The van der Waals surface area contributed by atoms with Crippen molar-refractivity contribution >= 4 is 5.97 Å². The zero-order chi connectivity index (χ0) is 15.2. The van der Waals surface area contributed by atoms with Crippen LogP contribution >= 0.6 is 0 Å². The van der Waals surface area contributed by atoms with E-state index in [9.17, 15) is 4.79 Å². The lowest BCUT2D eigenvalue weighted by Crippen LogP contribution is -2.58. The molecule has 0 amide bonds. The van der Waals surface area contributed by atoms with E-state index >= 15 is 0 Å². The Morgan fingerprint density at radius 1 is 1.09 bits per heavy atom. The Morgan fingerprint density at radius 3 is 2.14 bits per heavy atom. The Bertz CT molecular complexity index is 528. The summed E-state index contributed by atoms with van der Waals surface area (Å²) >= 11 is 0. The van der Waals surface area contributed by atoms with Crippen LogP contribution < -0.4 is 5.32 Å². The molecule has 4 saturated carbocycles. The molecule has 3 nitrogen and oxygen atoms in total. The second-order valence-corrected chi connectivity index (χ2v) is 7.74. The highest BCUT2D eigenvalue weighted by Crippen LogP contribution is 2.55. The number of esters is 1. The lowest BCUT2D eigenvalue weighted by atomic mass is 9.53. The van der Waals surface area contributed by atoms with Crippen molar-refractivity contribution in [1.82, 2.24) is 5.32 Å². The molecule has 4 fully saturated rings. The van der Waals surface area contributed by atoms with Gasteiger partial charge in [-0.1, -0.05) is 12.1 Å². The third-order valence-corrected chi connectivity index (χ3v) is 6.08. The van der Waals surface area contributed by atoms with Crippen molar-refractivity contribution in [3.8, 4) is 0 Å². The molecule has 0 unspecified atom stereocenters. The second kappa shape index (κ2) is 5.38. The Kier molecular flexibility index (Phi) is 3.48. The highest BCUT2D eigenvalue weighted by molar-refractivity contribution is 5.89. The Morgan fingerprint density at radius 2 is 1.64 bits per heavy atom. The molecule has 0 heterocycles. The van der Waals surface area contributed by atoms with Gasteiger partial charge in [0, 0.05) is 12.1 Å². The van der Waals surface area contributed by atoms with Gasteiger partial charge in [0.15, 0.2) is 0 Å². The standard InChI is InChI=1S/C19H25NO2/c1-22-18(21)17-4-2-13(3-5-17)12-20-19-9-14-6-15(10-19)8-16(7-14)11-19/h2-5,14-16,20H,6-12H2,1H3. The largest absolute Gasteiger partial charge is 0.465 e. The maximum absolute atomic E-state index is 11.5. The lowest BCUT2D eigenvalue weighted by molar-refractivity contribution is -0.0206. The molecule has 0 radical (unpaired) electrons. The first-order chi connectivity index (χ1) is 10.7. The van der Waals surface area contributed by atoms with E-state index in [1.165, 1.54) is 51.2 Å². The monoisotopic (exact) mass is 299 g/mol. The van der Waals surface area contributed by atoms with Crippen LogP contribution in [0.25, 0.3) is 0 Å². The van der Waals surface area contributed by atoms with Crippen LogP contribution in [0.15, 0.2) is 24.3 Å². The second-order valence-electron chi connectivity index (χ2n) is 7.74. The van der Waals surface area contributed by atoms with Gasteiger partial charge >= 0.3 is 5.97 Å². The summed E-state index contributed by atoms with van der Waals surface area (Å²) in [5.41, 5.74) is 2.28. The topological polar surface area (TPSA) is 38.3 Å². The minimum atomic E-state index is -0.263. The normalized spacial score (nSPS) is 35.6. The summed E-state index contributed by atoms with van der Waals surface area (Å²) in [6, 6.07) is 7.81. The molecule has 4 aliphatic carbocycles. The van der Waals surface area contributed by atoms with Gasteiger partial charge in [-0.3, -0.25) is 0 Å². The molecule has 0 aliphatic heterocycles. The highest BCUT2D eigenvalue weighted by Gasteiger charge is 2.50. The predicted octanol–water partition coefficient (Wildman–Crippen LogP) is 3.53. The number of methoxy groups -OCH3 is 1. The maximum atomic E-state index is 11.5. The minimum absolute atomic E-state index is 0.263. The number of rotatable bonds is 4. The summed E-state index contributed by atoms with van der Waals surface area (Å²) in [7, 11) is 1.42. The van der Waals surface area contributed by atoms with Crippen molar-refractivity contribution in [3.05, 3.63) is 35.4 Å². The van der Waals surface area contributed by atoms with Gasteiger partial charge in [0.1, 0.15) is 0 Å². The number of nitrogens with one attached hydrogen (secondary N) is 1. The molecule has 4 aliphatic rings. The number of hydrogen-bond donors (Lipinski definition) is 1. The number of carbonyl (C=O) groups is 1. The summed E-state index contributed by atoms with van der Waals surface area (Å²) in [5.74, 6) is 2.65. The summed E-state index contributed by atoms with van der Waals surface area (Å²) in [6.07, 6.45) is 8.57. The zero-order valence-electron chi connectivity index (χ0n) is 13.3. The quantitative estimate of drug-likeness (QED) is 0.864. The van der Waals surface area contributed by atoms with Crippen molar-refractivity contribution < 1.29 is 9.53 Å². The molecule has 3 heteroatoms. The van der Waals surface area contributed by atoms with Crippen LogP contribution in [0, 0.1) is 17.8 Å². The molecule has 118 valence electrons. The summed E-state index contributed by atoms with van der Waals surface area (Å²) in [4.78, 5) is 11.5. The smallest absolute Gasteiger partial charge is 0.337 e. The third-order valence-electron chi connectivity index (χ3n) is 6.08. The summed E-state index contributed by atoms with van der Waals surface area (Å²) < 4.78 is 4.75. The van der Waals surface area contributed by atoms with Crippen molar-refractivity contribution in [2.75, 3.05) is 7.11 Å². The summed E-state index contributed by atoms with van der Waals surface area (Å²) in [6.45, 7) is 0.910. The van der Waals surface area contributed by atoms with E-state index in [1.54, 1.807) is 0 Å². The molecule has 0 spiro atoms.